The van der Waals surface area contributed by atoms with Crippen molar-refractivity contribution in [3.8, 4) is 0 Å². The third-order valence-corrected chi connectivity index (χ3v) is 3.84. The van der Waals surface area contributed by atoms with Gasteiger partial charge in [-0.3, -0.25) is 9.69 Å². The van der Waals surface area contributed by atoms with Crippen molar-refractivity contribution in [2.75, 3.05) is 26.0 Å². The van der Waals surface area contributed by atoms with Crippen molar-refractivity contribution in [1.29, 1.82) is 0 Å². The van der Waals surface area contributed by atoms with Gasteiger partial charge in [0.15, 0.2) is 0 Å². The number of carbonyl (C=O) groups excluding carboxylic acids is 1. The molecular formula is C10H17ClN2O. The first-order valence-electron chi connectivity index (χ1n) is 5.28. The second kappa shape index (κ2) is 4.07. The van der Waals surface area contributed by atoms with Crippen LogP contribution in [-0.2, 0) is 4.79 Å². The lowest BCUT2D eigenvalue weighted by molar-refractivity contribution is -0.128. The Morgan fingerprint density at radius 3 is 2.79 bits per heavy atom. The van der Waals surface area contributed by atoms with Gasteiger partial charge in [0.05, 0.1) is 0 Å². The Kier molecular flexibility index (Phi) is 2.98. The first-order valence-corrected chi connectivity index (χ1v) is 5.81. The summed E-state index contributed by atoms with van der Waals surface area (Å²) in [5, 5.41) is 0. The zero-order valence-corrected chi connectivity index (χ0v) is 9.33. The highest BCUT2D eigenvalue weighted by atomic mass is 35.5. The number of likely N-dealkylation sites (tertiary alicyclic amines) is 1. The topological polar surface area (TPSA) is 23.6 Å². The smallest absolute Gasteiger partial charge is 0.237 e. The van der Waals surface area contributed by atoms with Crippen molar-refractivity contribution in [3.63, 3.8) is 0 Å². The van der Waals surface area contributed by atoms with Crippen LogP contribution >= 0.6 is 11.6 Å². The van der Waals surface area contributed by atoms with Crippen LogP contribution in [0.2, 0.25) is 0 Å². The zero-order chi connectivity index (χ0) is 10.1. The molecule has 2 atom stereocenters. The van der Waals surface area contributed by atoms with Crippen LogP contribution in [0.25, 0.3) is 0 Å². The molecule has 0 aromatic heterocycles. The molecule has 2 heterocycles. The summed E-state index contributed by atoms with van der Waals surface area (Å²) in [7, 11) is 2.18. The molecule has 2 unspecified atom stereocenters. The van der Waals surface area contributed by atoms with Crippen LogP contribution in [0.5, 0.6) is 0 Å². The van der Waals surface area contributed by atoms with Crippen LogP contribution in [-0.4, -0.2) is 53.8 Å². The Labute approximate surface area is 90.0 Å². The summed E-state index contributed by atoms with van der Waals surface area (Å²) in [5.41, 5.74) is 0. The Hall–Kier alpha value is -0.280. The Morgan fingerprint density at radius 1 is 1.36 bits per heavy atom. The van der Waals surface area contributed by atoms with Gasteiger partial charge in [-0.05, 0) is 26.3 Å². The molecule has 80 valence electrons. The van der Waals surface area contributed by atoms with Crippen LogP contribution in [0.3, 0.4) is 0 Å². The normalized spacial score (nSPS) is 33.1. The second-order valence-corrected chi connectivity index (χ2v) is 4.58. The van der Waals surface area contributed by atoms with Crippen LogP contribution in [0.1, 0.15) is 19.3 Å². The Balaban J connectivity index is 2.03. The van der Waals surface area contributed by atoms with Crippen molar-refractivity contribution in [2.45, 2.75) is 31.3 Å². The van der Waals surface area contributed by atoms with E-state index in [2.05, 4.69) is 11.9 Å². The maximum absolute atomic E-state index is 11.5. The van der Waals surface area contributed by atoms with Crippen LogP contribution < -0.4 is 0 Å². The van der Waals surface area contributed by atoms with Gasteiger partial charge in [-0.25, -0.2) is 0 Å². The molecule has 3 nitrogen and oxygen atoms in total. The zero-order valence-electron chi connectivity index (χ0n) is 8.58. The number of likely N-dealkylation sites (N-methyl/N-ethyl adjacent to an activating group) is 1. The standard InChI is InChI=1S/C10H17ClN2O/c1-12-8-2-3-9(12)7-13(5-4-8)10(14)6-11/h8-9H,2-7H2,1H3. The molecule has 2 aliphatic heterocycles. The number of halogens is 1. The van der Waals surface area contributed by atoms with Crippen molar-refractivity contribution in [2.24, 2.45) is 0 Å². The van der Waals surface area contributed by atoms with Crippen LogP contribution in [0, 0.1) is 0 Å². The minimum absolute atomic E-state index is 0.0904. The van der Waals surface area contributed by atoms with Gasteiger partial charge in [0.2, 0.25) is 5.91 Å². The molecule has 2 bridgehead atoms. The Bertz CT molecular complexity index is 234. The summed E-state index contributed by atoms with van der Waals surface area (Å²) in [6.45, 7) is 1.76. The average molecular weight is 217 g/mol. The summed E-state index contributed by atoms with van der Waals surface area (Å²) < 4.78 is 0. The number of hydrogen-bond acceptors (Lipinski definition) is 2. The number of carbonyl (C=O) groups is 1. The number of amides is 1. The van der Waals surface area contributed by atoms with E-state index in [0.717, 1.165) is 19.5 Å². The molecule has 0 aromatic carbocycles. The van der Waals surface area contributed by atoms with Gasteiger partial charge in [0, 0.05) is 25.2 Å². The average Bonchev–Trinajstić information content (AvgIpc) is 2.40. The molecule has 0 aromatic rings. The molecule has 14 heavy (non-hydrogen) atoms. The summed E-state index contributed by atoms with van der Waals surface area (Å²) in [6.07, 6.45) is 3.63. The van der Waals surface area contributed by atoms with E-state index in [9.17, 15) is 4.79 Å². The monoisotopic (exact) mass is 216 g/mol. The molecule has 2 saturated heterocycles. The third kappa shape index (κ3) is 1.75. The van der Waals surface area contributed by atoms with E-state index in [1.165, 1.54) is 12.8 Å². The Morgan fingerprint density at radius 2 is 2.07 bits per heavy atom. The van der Waals surface area contributed by atoms with Crippen molar-refractivity contribution in [1.82, 2.24) is 9.80 Å². The number of hydrogen-bond donors (Lipinski definition) is 0. The maximum atomic E-state index is 11.5. The van der Waals surface area contributed by atoms with Gasteiger partial charge in [0.1, 0.15) is 5.88 Å². The minimum atomic E-state index is 0.0904. The van der Waals surface area contributed by atoms with E-state index in [1.54, 1.807) is 0 Å². The molecule has 4 heteroatoms. The fourth-order valence-electron chi connectivity index (χ4n) is 2.62. The van der Waals surface area contributed by atoms with Gasteiger partial charge in [0.25, 0.3) is 0 Å². The van der Waals surface area contributed by atoms with E-state index in [0.29, 0.717) is 12.1 Å². The number of nitrogens with zero attached hydrogens (tertiary/aromatic N) is 2. The second-order valence-electron chi connectivity index (χ2n) is 4.31. The van der Waals surface area contributed by atoms with E-state index in [-0.39, 0.29) is 11.8 Å². The number of alkyl halides is 1. The highest BCUT2D eigenvalue weighted by Crippen LogP contribution is 2.28. The maximum Gasteiger partial charge on any atom is 0.237 e. The van der Waals surface area contributed by atoms with Gasteiger partial charge in [-0.2, -0.15) is 0 Å². The van der Waals surface area contributed by atoms with E-state index in [1.807, 2.05) is 4.90 Å². The molecule has 0 spiro atoms. The van der Waals surface area contributed by atoms with E-state index >= 15 is 0 Å². The SMILES string of the molecule is CN1C2CCC1CN(C(=O)CCl)CC2. The van der Waals surface area contributed by atoms with Crippen molar-refractivity contribution in [3.05, 3.63) is 0 Å². The molecule has 2 fully saturated rings. The van der Waals surface area contributed by atoms with Gasteiger partial charge >= 0.3 is 0 Å². The number of fused-ring (bicyclic) bond motifs is 2. The first-order chi connectivity index (χ1) is 6.72. The molecule has 2 aliphatic rings. The molecule has 0 aliphatic carbocycles. The van der Waals surface area contributed by atoms with Gasteiger partial charge < -0.3 is 4.90 Å². The van der Waals surface area contributed by atoms with Gasteiger partial charge in [-0.15, -0.1) is 11.6 Å². The molecule has 2 rings (SSSR count). The van der Waals surface area contributed by atoms with Crippen LogP contribution in [0.15, 0.2) is 0 Å². The summed E-state index contributed by atoms with van der Waals surface area (Å²) >= 11 is 5.57. The summed E-state index contributed by atoms with van der Waals surface area (Å²) in [5.74, 6) is 0.216. The lowest BCUT2D eigenvalue weighted by atomic mass is 10.1. The van der Waals surface area contributed by atoms with Crippen molar-refractivity contribution >= 4 is 17.5 Å². The van der Waals surface area contributed by atoms with Gasteiger partial charge in [-0.1, -0.05) is 0 Å². The van der Waals surface area contributed by atoms with E-state index in [4.69, 9.17) is 11.6 Å². The highest BCUT2D eigenvalue weighted by Gasteiger charge is 2.35. The van der Waals surface area contributed by atoms with E-state index < -0.39 is 0 Å². The minimum Gasteiger partial charge on any atom is -0.340 e. The fraction of sp³-hybridized carbons (Fsp3) is 0.900. The lowest BCUT2D eigenvalue weighted by Gasteiger charge is -2.25. The number of rotatable bonds is 1. The molecule has 0 N–H and O–H groups in total. The molecular weight excluding hydrogens is 200 g/mol. The first kappa shape index (κ1) is 10.2. The highest BCUT2D eigenvalue weighted by molar-refractivity contribution is 6.27. The predicted molar refractivity (Wildman–Crippen MR) is 56.5 cm³/mol. The van der Waals surface area contributed by atoms with Crippen molar-refractivity contribution < 1.29 is 4.79 Å². The fourth-order valence-corrected chi connectivity index (χ4v) is 2.79. The third-order valence-electron chi connectivity index (χ3n) is 3.62. The molecule has 0 radical (unpaired) electrons. The lowest BCUT2D eigenvalue weighted by Crippen LogP contribution is -2.40. The van der Waals surface area contributed by atoms with Crippen LogP contribution in [0.4, 0.5) is 0 Å². The quantitative estimate of drug-likeness (QED) is 0.609. The summed E-state index contributed by atoms with van der Waals surface area (Å²) in [4.78, 5) is 15.8. The predicted octanol–water partition coefficient (Wildman–Crippen LogP) is 0.920. The largest absolute Gasteiger partial charge is 0.340 e. The summed E-state index contributed by atoms with van der Waals surface area (Å²) in [6, 6.07) is 1.25. The molecule has 1 amide bonds. The molecule has 0 saturated carbocycles.